The number of fused-ring (bicyclic) bond motifs is 6. The Balaban J connectivity index is 1.56. The maximum absolute atomic E-state index is 2.56. The molecule has 13 aromatic rings. The molecular weight excluding hydrogens is 625 g/mol. The van der Waals surface area contributed by atoms with Crippen LogP contribution in [0.3, 0.4) is 0 Å². The van der Waals surface area contributed by atoms with Crippen LogP contribution in [-0.2, 0) is 25.7 Å². The van der Waals surface area contributed by atoms with Gasteiger partial charge in [-0.05, 0) is 202 Å². The van der Waals surface area contributed by atoms with Crippen molar-refractivity contribution in [3.05, 3.63) is 106 Å². The van der Waals surface area contributed by atoms with Crippen molar-refractivity contribution in [3.8, 4) is 0 Å². The molecular formula is C52H38. The molecule has 0 aliphatic heterocycles. The van der Waals surface area contributed by atoms with Crippen LogP contribution in [0.1, 0.15) is 61.1 Å². The largest absolute Gasteiger partial charge is 0.0613 e. The Bertz CT molecular complexity index is 3440. The predicted octanol–water partition coefficient (Wildman–Crippen LogP) is 15.0. The highest BCUT2D eigenvalue weighted by molar-refractivity contribution is 6.61. The third kappa shape index (κ3) is 2.90. The van der Waals surface area contributed by atoms with Gasteiger partial charge >= 0.3 is 0 Å². The average Bonchev–Trinajstić information content (AvgIpc) is 3.17. The molecule has 0 heteroatoms. The van der Waals surface area contributed by atoms with Crippen LogP contribution in [0, 0.1) is 13.8 Å². The highest BCUT2D eigenvalue weighted by Crippen LogP contribution is 2.60. The molecule has 0 fully saturated rings. The quantitative estimate of drug-likeness (QED) is 0.130. The monoisotopic (exact) mass is 662 g/mol. The molecule has 0 heterocycles. The highest BCUT2D eigenvalue weighted by Gasteiger charge is 2.32. The van der Waals surface area contributed by atoms with Gasteiger partial charge in [0.1, 0.15) is 0 Å². The van der Waals surface area contributed by atoms with Crippen molar-refractivity contribution < 1.29 is 0 Å². The van der Waals surface area contributed by atoms with Gasteiger partial charge in [-0.3, -0.25) is 0 Å². The molecule has 0 saturated heterocycles. The minimum Gasteiger partial charge on any atom is -0.0613 e. The summed E-state index contributed by atoms with van der Waals surface area (Å²) >= 11 is 0. The second-order valence-electron chi connectivity index (χ2n) is 16.4. The zero-order valence-corrected chi connectivity index (χ0v) is 30.8. The maximum Gasteiger partial charge on any atom is -0.0000472 e. The lowest BCUT2D eigenvalue weighted by molar-refractivity contribution is 1.15. The van der Waals surface area contributed by atoms with Crippen molar-refractivity contribution in [2.24, 2.45) is 0 Å². The van der Waals surface area contributed by atoms with Crippen molar-refractivity contribution in [1.29, 1.82) is 0 Å². The summed E-state index contributed by atoms with van der Waals surface area (Å²) in [5, 5.41) is 35.1. The summed E-state index contributed by atoms with van der Waals surface area (Å²) in [6, 6.07) is 30.5. The lowest BCUT2D eigenvalue weighted by Crippen LogP contribution is -2.02. The molecule has 0 atom stereocenters. The summed E-state index contributed by atoms with van der Waals surface area (Å²) in [5.74, 6) is 0. The van der Waals surface area contributed by atoms with Crippen LogP contribution in [0.5, 0.6) is 0 Å². The second kappa shape index (κ2) is 8.94. The van der Waals surface area contributed by atoms with E-state index in [0.717, 1.165) is 25.7 Å². The van der Waals surface area contributed by atoms with Crippen LogP contribution in [0.25, 0.3) is 129 Å². The molecule has 0 aliphatic rings. The Hall–Kier alpha value is -5.46. The molecule has 0 radical (unpaired) electrons. The fraction of sp³-hybridized carbons (Fsp3) is 0.192. The van der Waals surface area contributed by atoms with E-state index in [1.807, 2.05) is 0 Å². The molecule has 0 spiro atoms. The lowest BCUT2D eigenvalue weighted by Gasteiger charge is -2.30. The summed E-state index contributed by atoms with van der Waals surface area (Å²) < 4.78 is 0. The lowest BCUT2D eigenvalue weighted by atomic mass is 9.72. The minimum atomic E-state index is 1.02. The molecule has 13 aromatic carbocycles. The Morgan fingerprint density at radius 3 is 0.538 bits per heavy atom. The molecule has 0 bridgehead atoms. The summed E-state index contributed by atoms with van der Waals surface area (Å²) in [6.45, 7) is 13.9. The summed E-state index contributed by atoms with van der Waals surface area (Å²) in [6.07, 6.45) is 4.10. The smallest absolute Gasteiger partial charge is 0.0000472 e. The third-order valence-electron chi connectivity index (χ3n) is 13.7. The molecule has 0 aromatic heterocycles. The molecule has 0 nitrogen and oxygen atoms in total. The van der Waals surface area contributed by atoms with Gasteiger partial charge < -0.3 is 0 Å². The molecule has 0 amide bonds. The van der Waals surface area contributed by atoms with E-state index in [2.05, 4.69) is 114 Å². The van der Waals surface area contributed by atoms with Gasteiger partial charge in [-0.25, -0.2) is 0 Å². The molecule has 0 N–H and O–H groups in total. The Kier molecular flexibility index (Phi) is 4.84. The van der Waals surface area contributed by atoms with E-state index in [1.54, 1.807) is 0 Å². The first kappa shape index (κ1) is 28.2. The first-order valence-corrected chi connectivity index (χ1v) is 19.7. The summed E-state index contributed by atoms with van der Waals surface area (Å²) in [4.78, 5) is 0. The molecule has 0 unspecified atom stereocenters. The van der Waals surface area contributed by atoms with E-state index < -0.39 is 0 Å². The Morgan fingerprint density at radius 2 is 0.385 bits per heavy atom. The van der Waals surface area contributed by atoms with Crippen LogP contribution < -0.4 is 0 Å². The van der Waals surface area contributed by atoms with E-state index in [9.17, 15) is 0 Å². The van der Waals surface area contributed by atoms with Gasteiger partial charge in [-0.2, -0.15) is 0 Å². The van der Waals surface area contributed by atoms with Crippen molar-refractivity contribution in [3.63, 3.8) is 0 Å². The van der Waals surface area contributed by atoms with Crippen molar-refractivity contribution in [1.82, 2.24) is 0 Å². The minimum absolute atomic E-state index is 1.02. The van der Waals surface area contributed by atoms with E-state index in [1.165, 1.54) is 163 Å². The summed E-state index contributed by atoms with van der Waals surface area (Å²) in [7, 11) is 0. The van der Waals surface area contributed by atoms with Crippen LogP contribution in [-0.4, -0.2) is 0 Å². The number of rotatable bonds is 4. The standard InChI is InChI=1S/C52H38/c1-7-25-15-33-29-11-23(5)13-31-35-17-26(8-2)19-37-39-21-28(10-4)22-40-38-20-27(9-3)18-36-32-14-24(6)12-30-34(16-25)43(33)49-47(41(29)31)50(44(35)37)52(46(39)40)51(45(36)38)48(49)42(30)32/h11-22H,7-10H2,1-6H3. The van der Waals surface area contributed by atoms with E-state index in [-0.39, 0.29) is 0 Å². The van der Waals surface area contributed by atoms with Crippen LogP contribution in [0.4, 0.5) is 0 Å². The van der Waals surface area contributed by atoms with Gasteiger partial charge in [0.15, 0.2) is 0 Å². The predicted molar refractivity (Wildman–Crippen MR) is 231 cm³/mol. The van der Waals surface area contributed by atoms with Crippen molar-refractivity contribution in [2.45, 2.75) is 67.2 Å². The first-order chi connectivity index (χ1) is 25.4. The molecule has 0 aliphatic carbocycles. The van der Waals surface area contributed by atoms with Crippen LogP contribution >= 0.6 is 0 Å². The Labute approximate surface area is 301 Å². The number of hydrogen-bond donors (Lipinski definition) is 0. The zero-order chi connectivity index (χ0) is 34.6. The topological polar surface area (TPSA) is 0 Å². The van der Waals surface area contributed by atoms with Crippen LogP contribution in [0.15, 0.2) is 72.8 Å². The highest BCUT2D eigenvalue weighted by atomic mass is 14.3. The van der Waals surface area contributed by atoms with Gasteiger partial charge in [0, 0.05) is 0 Å². The number of benzene rings is 13. The normalized spacial score (nSPS) is 13.5. The fourth-order valence-corrected chi connectivity index (χ4v) is 11.6. The molecule has 0 saturated carbocycles. The fourth-order valence-electron chi connectivity index (χ4n) is 11.6. The summed E-state index contributed by atoms with van der Waals surface area (Å²) in [5.41, 5.74) is 8.40. The van der Waals surface area contributed by atoms with E-state index >= 15 is 0 Å². The molecule has 246 valence electrons. The van der Waals surface area contributed by atoms with E-state index in [4.69, 9.17) is 0 Å². The van der Waals surface area contributed by atoms with Crippen molar-refractivity contribution in [2.75, 3.05) is 0 Å². The van der Waals surface area contributed by atoms with Gasteiger partial charge in [0.2, 0.25) is 0 Å². The van der Waals surface area contributed by atoms with Gasteiger partial charge in [0.25, 0.3) is 0 Å². The number of hydrogen-bond acceptors (Lipinski definition) is 0. The van der Waals surface area contributed by atoms with E-state index in [0.29, 0.717) is 0 Å². The number of aryl methyl sites for hydroxylation is 6. The van der Waals surface area contributed by atoms with Gasteiger partial charge in [-0.1, -0.05) is 100 Å². The molecule has 52 heavy (non-hydrogen) atoms. The average molecular weight is 663 g/mol. The molecule has 13 rings (SSSR count). The van der Waals surface area contributed by atoms with Crippen molar-refractivity contribution >= 4 is 129 Å². The Morgan fingerprint density at radius 1 is 0.231 bits per heavy atom. The maximum atomic E-state index is 2.56. The first-order valence-electron chi connectivity index (χ1n) is 19.7. The third-order valence-corrected chi connectivity index (χ3v) is 13.7. The zero-order valence-electron chi connectivity index (χ0n) is 30.8. The SMILES string of the molecule is CCc1cc2c3cc(C)cc4c5cc(CC)cc6c7cc(CC)cc8c9cc(CC)cc%10c%11cc(C)cc%12c(c1)c2c1c(c34)c(c56)c(c78)c(c%109)c1c%12%11. The van der Waals surface area contributed by atoms with Gasteiger partial charge in [0.05, 0.1) is 0 Å². The second-order valence-corrected chi connectivity index (χ2v) is 16.4. The van der Waals surface area contributed by atoms with Crippen LogP contribution in [0.2, 0.25) is 0 Å². The van der Waals surface area contributed by atoms with Gasteiger partial charge in [-0.15, -0.1) is 0 Å².